The second kappa shape index (κ2) is 8.83. The average Bonchev–Trinajstić information content (AvgIpc) is 3.12. The van der Waals surface area contributed by atoms with E-state index < -0.39 is 0 Å². The van der Waals surface area contributed by atoms with Gasteiger partial charge in [0, 0.05) is 44.0 Å². The van der Waals surface area contributed by atoms with Gasteiger partial charge in [0.15, 0.2) is 0 Å². The minimum absolute atomic E-state index is 0.0662. The summed E-state index contributed by atoms with van der Waals surface area (Å²) in [5, 5.41) is 5.86. The summed E-state index contributed by atoms with van der Waals surface area (Å²) in [5.41, 5.74) is 1.16. The van der Waals surface area contributed by atoms with Gasteiger partial charge in [-0.3, -0.25) is 4.79 Å². The number of amides is 3. The Hall–Kier alpha value is -2.93. The van der Waals surface area contributed by atoms with Crippen LogP contribution < -0.4 is 10.6 Å². The summed E-state index contributed by atoms with van der Waals surface area (Å²) in [5.74, 6) is -0.702. The summed E-state index contributed by atoms with van der Waals surface area (Å²) < 4.78 is 18.9. The van der Waals surface area contributed by atoms with Crippen LogP contribution in [0.5, 0.6) is 0 Å². The van der Waals surface area contributed by atoms with Gasteiger partial charge in [0.05, 0.1) is 5.92 Å². The molecule has 3 amide bonds. The van der Waals surface area contributed by atoms with Crippen LogP contribution in [0.2, 0.25) is 0 Å². The molecule has 2 heterocycles. The highest BCUT2D eigenvalue weighted by Gasteiger charge is 2.51. The minimum Gasteiger partial charge on any atom is -0.381 e. The predicted octanol–water partition coefficient (Wildman–Crippen LogP) is 3.40. The zero-order chi connectivity index (χ0) is 21.0. The lowest BCUT2D eigenvalue weighted by molar-refractivity contribution is -0.124. The Bertz CT molecular complexity index is 900. The number of anilines is 1. The van der Waals surface area contributed by atoms with Gasteiger partial charge in [-0.05, 0) is 42.7 Å². The maximum absolute atomic E-state index is 13.4. The smallest absolute Gasteiger partial charge is 0.317 e. The Morgan fingerprint density at radius 3 is 2.60 bits per heavy atom. The predicted molar refractivity (Wildman–Crippen MR) is 111 cm³/mol. The van der Waals surface area contributed by atoms with E-state index in [9.17, 15) is 14.0 Å². The number of ether oxygens (including phenoxy) is 1. The molecule has 2 fully saturated rings. The third kappa shape index (κ3) is 4.46. The van der Waals surface area contributed by atoms with E-state index in [0.29, 0.717) is 31.9 Å². The molecule has 2 aliphatic heterocycles. The van der Waals surface area contributed by atoms with E-state index in [4.69, 9.17) is 4.74 Å². The Morgan fingerprint density at radius 2 is 1.87 bits per heavy atom. The summed E-state index contributed by atoms with van der Waals surface area (Å²) in [6, 6.07) is 15.3. The number of hydrogen-bond donors (Lipinski definition) is 2. The summed E-state index contributed by atoms with van der Waals surface area (Å²) in [4.78, 5) is 27.6. The van der Waals surface area contributed by atoms with E-state index in [0.717, 1.165) is 18.5 Å². The Kier molecular flexibility index (Phi) is 5.99. The fraction of sp³-hybridized carbons (Fsp3) is 0.391. The maximum Gasteiger partial charge on any atom is 0.317 e. The molecule has 2 aromatic rings. The molecule has 2 aliphatic rings. The molecule has 0 aliphatic carbocycles. The standard InChI is InChI=1S/C23H26FN3O3/c24-18-6-4-5-17(13-18)14-25-22(29)27-15-20(23(16-27)9-11-30-12-10-23)21(28)26-19-7-2-1-3-8-19/h1-8,13,20H,9-12,14-16H2,(H,25,29)(H,26,28). The number of halogens is 1. The van der Waals surface area contributed by atoms with Gasteiger partial charge >= 0.3 is 6.03 Å². The lowest BCUT2D eigenvalue weighted by Crippen LogP contribution is -2.42. The van der Waals surface area contributed by atoms with E-state index in [1.54, 1.807) is 17.0 Å². The van der Waals surface area contributed by atoms with Gasteiger partial charge in [0.1, 0.15) is 5.82 Å². The Labute approximate surface area is 175 Å². The molecule has 1 unspecified atom stereocenters. The highest BCUT2D eigenvalue weighted by atomic mass is 19.1. The molecule has 4 rings (SSSR count). The second-order valence-corrected chi connectivity index (χ2v) is 8.05. The molecule has 30 heavy (non-hydrogen) atoms. The number of para-hydroxylation sites is 1. The van der Waals surface area contributed by atoms with Crippen molar-refractivity contribution in [2.75, 3.05) is 31.6 Å². The van der Waals surface area contributed by atoms with Crippen LogP contribution in [0, 0.1) is 17.2 Å². The SMILES string of the molecule is O=C(Nc1ccccc1)C1CN(C(=O)NCc2cccc(F)c2)CC12CCOCC2. The number of carbonyl (C=O) groups excluding carboxylic acids is 2. The van der Waals surface area contributed by atoms with Gasteiger partial charge in [-0.25, -0.2) is 9.18 Å². The van der Waals surface area contributed by atoms with Crippen molar-refractivity contribution in [3.8, 4) is 0 Å². The first-order valence-corrected chi connectivity index (χ1v) is 10.3. The van der Waals surface area contributed by atoms with Gasteiger partial charge in [-0.2, -0.15) is 0 Å². The average molecular weight is 411 g/mol. The molecule has 6 nitrogen and oxygen atoms in total. The van der Waals surface area contributed by atoms with E-state index in [1.165, 1.54) is 12.1 Å². The van der Waals surface area contributed by atoms with Crippen molar-refractivity contribution in [1.29, 1.82) is 0 Å². The lowest BCUT2D eigenvalue weighted by Gasteiger charge is -2.37. The van der Waals surface area contributed by atoms with Crippen LogP contribution in [0.4, 0.5) is 14.9 Å². The molecular formula is C23H26FN3O3. The van der Waals surface area contributed by atoms with Crippen LogP contribution in [0.3, 0.4) is 0 Å². The number of carbonyl (C=O) groups is 2. The van der Waals surface area contributed by atoms with Crippen molar-refractivity contribution in [3.63, 3.8) is 0 Å². The number of likely N-dealkylation sites (tertiary alicyclic amines) is 1. The fourth-order valence-corrected chi connectivity index (χ4v) is 4.46. The molecule has 0 saturated carbocycles. The first-order chi connectivity index (χ1) is 14.6. The molecule has 158 valence electrons. The van der Waals surface area contributed by atoms with Gasteiger partial charge in [0.2, 0.25) is 5.91 Å². The lowest BCUT2D eigenvalue weighted by atomic mass is 9.71. The maximum atomic E-state index is 13.4. The third-order valence-corrected chi connectivity index (χ3v) is 6.11. The third-order valence-electron chi connectivity index (χ3n) is 6.11. The van der Waals surface area contributed by atoms with Crippen LogP contribution in [0.25, 0.3) is 0 Å². The largest absolute Gasteiger partial charge is 0.381 e. The summed E-state index contributed by atoms with van der Waals surface area (Å²) in [7, 11) is 0. The molecule has 0 aromatic heterocycles. The van der Waals surface area contributed by atoms with Crippen LogP contribution in [-0.4, -0.2) is 43.1 Å². The number of urea groups is 1. The van der Waals surface area contributed by atoms with Crippen molar-refractivity contribution in [1.82, 2.24) is 10.2 Å². The first-order valence-electron chi connectivity index (χ1n) is 10.3. The zero-order valence-corrected chi connectivity index (χ0v) is 16.8. The molecule has 7 heteroatoms. The Balaban J connectivity index is 1.45. The van der Waals surface area contributed by atoms with Gasteiger partial charge < -0.3 is 20.3 Å². The molecule has 2 aromatic carbocycles. The number of nitrogens with zero attached hydrogens (tertiary/aromatic N) is 1. The number of benzene rings is 2. The zero-order valence-electron chi connectivity index (χ0n) is 16.8. The number of hydrogen-bond acceptors (Lipinski definition) is 3. The molecular weight excluding hydrogens is 385 g/mol. The molecule has 2 N–H and O–H groups in total. The van der Waals surface area contributed by atoms with E-state index in [2.05, 4.69) is 10.6 Å². The van der Waals surface area contributed by atoms with Crippen LogP contribution >= 0.6 is 0 Å². The highest BCUT2D eigenvalue weighted by molar-refractivity contribution is 5.94. The van der Waals surface area contributed by atoms with E-state index in [1.807, 2.05) is 30.3 Å². The van der Waals surface area contributed by atoms with Crippen molar-refractivity contribution in [2.45, 2.75) is 19.4 Å². The summed E-state index contributed by atoms with van der Waals surface area (Å²) in [6.07, 6.45) is 1.49. The topological polar surface area (TPSA) is 70.7 Å². The summed E-state index contributed by atoms with van der Waals surface area (Å²) >= 11 is 0. The van der Waals surface area contributed by atoms with Crippen LogP contribution in [-0.2, 0) is 16.1 Å². The fourth-order valence-electron chi connectivity index (χ4n) is 4.46. The Morgan fingerprint density at radius 1 is 1.10 bits per heavy atom. The van der Waals surface area contributed by atoms with E-state index in [-0.39, 0.29) is 35.6 Å². The molecule has 0 bridgehead atoms. The number of rotatable bonds is 4. The normalized spacial score (nSPS) is 20.2. The first kappa shape index (κ1) is 20.3. The molecule has 2 saturated heterocycles. The summed E-state index contributed by atoms with van der Waals surface area (Å²) in [6.45, 7) is 2.29. The van der Waals surface area contributed by atoms with Gasteiger partial charge in [-0.15, -0.1) is 0 Å². The monoisotopic (exact) mass is 411 g/mol. The van der Waals surface area contributed by atoms with Crippen molar-refractivity contribution in [2.24, 2.45) is 11.3 Å². The minimum atomic E-state index is -0.332. The van der Waals surface area contributed by atoms with Crippen molar-refractivity contribution < 1.29 is 18.7 Å². The molecule has 0 radical (unpaired) electrons. The van der Waals surface area contributed by atoms with Crippen LogP contribution in [0.1, 0.15) is 18.4 Å². The molecule has 1 spiro atoms. The van der Waals surface area contributed by atoms with Crippen molar-refractivity contribution in [3.05, 3.63) is 66.0 Å². The second-order valence-electron chi connectivity index (χ2n) is 8.05. The highest BCUT2D eigenvalue weighted by Crippen LogP contribution is 2.44. The van der Waals surface area contributed by atoms with Gasteiger partial charge in [0.25, 0.3) is 0 Å². The van der Waals surface area contributed by atoms with Crippen molar-refractivity contribution >= 4 is 17.6 Å². The van der Waals surface area contributed by atoms with E-state index >= 15 is 0 Å². The number of nitrogens with one attached hydrogen (secondary N) is 2. The molecule has 1 atom stereocenters. The van der Waals surface area contributed by atoms with Gasteiger partial charge in [-0.1, -0.05) is 30.3 Å². The quantitative estimate of drug-likeness (QED) is 0.810. The van der Waals surface area contributed by atoms with Crippen LogP contribution in [0.15, 0.2) is 54.6 Å².